The Morgan fingerprint density at radius 1 is 0.232 bits per heavy atom. The first kappa shape index (κ1) is 38.0. The van der Waals surface area contributed by atoms with Crippen molar-refractivity contribution in [1.82, 2.24) is 4.40 Å². The topological polar surface area (TPSA) is 10.9 Å². The molecule has 3 nitrogen and oxygen atoms in total. The van der Waals surface area contributed by atoms with Gasteiger partial charge in [0, 0.05) is 54.5 Å². The molecule has 15 aromatic rings. The van der Waals surface area contributed by atoms with Crippen LogP contribution in [0.2, 0.25) is 0 Å². The van der Waals surface area contributed by atoms with E-state index in [0.29, 0.717) is 0 Å². The molecule has 0 aliphatic rings. The standard InChI is InChI=1S/C66H41N3/c1-2-20-47-39-63-58(37-46(47)19-1)65-56-40-49(67(59-29-11-21-42-15-3-7-25-51(42)59)60-30-12-22-43-16-4-8-26-52(43)60)34-33-48(56)38-57-55-36-35-50(41-64(55)69(63)66(57)65)68(61-31-13-23-44-17-5-9-27-53(44)61)62-32-14-24-45-18-6-10-28-54(45)62/h1-41H. The fourth-order valence-electron chi connectivity index (χ4n) is 11.7. The van der Waals surface area contributed by atoms with Crippen molar-refractivity contribution in [3.63, 3.8) is 0 Å². The predicted molar refractivity (Wildman–Crippen MR) is 296 cm³/mol. The minimum atomic E-state index is 1.11. The Morgan fingerprint density at radius 2 is 0.623 bits per heavy atom. The van der Waals surface area contributed by atoms with Crippen molar-refractivity contribution in [3.8, 4) is 0 Å². The fraction of sp³-hybridized carbons (Fsp3) is 0. The SMILES string of the molecule is c1ccc2cc3c(cc2c1)c1c2cc(N(c4cccc5ccccc45)c4cccc5ccccc45)ccc2cc2c4ccc(N(c5cccc6ccccc56)c5cccc6ccccc56)cc4n3c21. The molecule has 2 heterocycles. The first-order chi connectivity index (χ1) is 34.2. The van der Waals surface area contributed by atoms with Crippen LogP contribution in [-0.2, 0) is 0 Å². The molecule has 0 N–H and O–H groups in total. The van der Waals surface area contributed by atoms with Gasteiger partial charge in [0.2, 0.25) is 0 Å². The molecule has 0 bridgehead atoms. The molecule has 0 aliphatic heterocycles. The lowest BCUT2D eigenvalue weighted by molar-refractivity contribution is 1.31. The number of hydrogen-bond acceptors (Lipinski definition) is 2. The maximum atomic E-state index is 2.56. The number of anilines is 6. The zero-order valence-corrected chi connectivity index (χ0v) is 37.5. The summed E-state index contributed by atoms with van der Waals surface area (Å²) < 4.78 is 2.56. The maximum Gasteiger partial charge on any atom is 0.0627 e. The summed E-state index contributed by atoms with van der Waals surface area (Å²) in [6, 6.07) is 92.0. The molecular formula is C66H41N3. The minimum absolute atomic E-state index is 1.11. The van der Waals surface area contributed by atoms with Crippen LogP contribution in [0.25, 0.3) is 103 Å². The van der Waals surface area contributed by atoms with Crippen LogP contribution >= 0.6 is 0 Å². The highest BCUT2D eigenvalue weighted by Gasteiger charge is 2.25. The summed E-state index contributed by atoms with van der Waals surface area (Å²) >= 11 is 0. The third-order valence-corrected chi connectivity index (χ3v) is 14.8. The molecule has 0 aliphatic carbocycles. The van der Waals surface area contributed by atoms with E-state index in [4.69, 9.17) is 0 Å². The molecule has 3 heteroatoms. The molecular weight excluding hydrogens is 835 g/mol. The van der Waals surface area contributed by atoms with Gasteiger partial charge in [0.25, 0.3) is 0 Å². The molecule has 0 saturated carbocycles. The number of benzene rings is 13. The summed E-state index contributed by atoms with van der Waals surface area (Å²) in [5.74, 6) is 0. The van der Waals surface area contributed by atoms with Crippen LogP contribution in [0.1, 0.15) is 0 Å². The third-order valence-electron chi connectivity index (χ3n) is 14.8. The Morgan fingerprint density at radius 3 is 1.13 bits per heavy atom. The van der Waals surface area contributed by atoms with Gasteiger partial charge in [0.05, 0.1) is 39.3 Å². The quantitative estimate of drug-likeness (QED) is 0.165. The Bertz CT molecular complexity index is 4200. The van der Waals surface area contributed by atoms with Crippen molar-refractivity contribution in [2.45, 2.75) is 0 Å². The maximum absolute atomic E-state index is 2.56. The molecule has 0 saturated heterocycles. The second-order valence-electron chi connectivity index (χ2n) is 18.5. The minimum Gasteiger partial charge on any atom is -0.309 e. The van der Waals surface area contributed by atoms with Crippen LogP contribution in [0.5, 0.6) is 0 Å². The molecule has 320 valence electrons. The average molecular weight is 876 g/mol. The summed E-state index contributed by atoms with van der Waals surface area (Å²) in [4.78, 5) is 4.96. The van der Waals surface area contributed by atoms with Gasteiger partial charge in [-0.2, -0.15) is 0 Å². The van der Waals surface area contributed by atoms with Crippen LogP contribution in [-0.4, -0.2) is 4.40 Å². The van der Waals surface area contributed by atoms with E-state index in [9.17, 15) is 0 Å². The highest BCUT2D eigenvalue weighted by atomic mass is 15.2. The van der Waals surface area contributed by atoms with E-state index in [1.807, 2.05) is 0 Å². The molecule has 0 spiro atoms. The van der Waals surface area contributed by atoms with Crippen LogP contribution in [0.4, 0.5) is 34.1 Å². The van der Waals surface area contributed by atoms with Crippen LogP contribution in [0.15, 0.2) is 249 Å². The Labute approximate surface area is 397 Å². The van der Waals surface area contributed by atoms with Crippen LogP contribution in [0.3, 0.4) is 0 Å². The summed E-state index contributed by atoms with van der Waals surface area (Å²) in [7, 11) is 0. The van der Waals surface area contributed by atoms with Gasteiger partial charge in [-0.15, -0.1) is 0 Å². The summed E-state index contributed by atoms with van der Waals surface area (Å²) in [5, 5.41) is 19.6. The normalized spacial score (nSPS) is 12.1. The van der Waals surface area contributed by atoms with E-state index in [0.717, 1.165) is 34.1 Å². The lowest BCUT2D eigenvalue weighted by Crippen LogP contribution is -2.11. The van der Waals surface area contributed by atoms with Gasteiger partial charge in [-0.1, -0.05) is 182 Å². The zero-order valence-electron chi connectivity index (χ0n) is 37.5. The largest absolute Gasteiger partial charge is 0.309 e. The highest BCUT2D eigenvalue weighted by Crippen LogP contribution is 2.49. The van der Waals surface area contributed by atoms with E-state index >= 15 is 0 Å². The Hall–Kier alpha value is -9.18. The van der Waals surface area contributed by atoms with Gasteiger partial charge < -0.3 is 14.2 Å². The monoisotopic (exact) mass is 875 g/mol. The molecule has 2 aromatic heterocycles. The lowest BCUT2D eigenvalue weighted by atomic mass is 9.97. The molecule has 0 amide bonds. The number of fused-ring (bicyclic) bond motifs is 13. The van der Waals surface area contributed by atoms with Crippen LogP contribution < -0.4 is 9.80 Å². The molecule has 13 aromatic carbocycles. The summed E-state index contributed by atoms with van der Waals surface area (Å²) in [6.07, 6.45) is 0. The molecule has 69 heavy (non-hydrogen) atoms. The fourth-order valence-corrected chi connectivity index (χ4v) is 11.7. The Balaban J connectivity index is 1.04. The van der Waals surface area contributed by atoms with Crippen molar-refractivity contribution in [1.29, 1.82) is 0 Å². The molecule has 0 unspecified atom stereocenters. The van der Waals surface area contributed by atoms with Crippen molar-refractivity contribution in [2.24, 2.45) is 0 Å². The second-order valence-corrected chi connectivity index (χ2v) is 18.5. The van der Waals surface area contributed by atoms with Gasteiger partial charge in [0.1, 0.15) is 0 Å². The lowest BCUT2D eigenvalue weighted by Gasteiger charge is -2.28. The van der Waals surface area contributed by atoms with Crippen molar-refractivity contribution in [3.05, 3.63) is 249 Å². The number of nitrogens with zero attached hydrogens (tertiary/aromatic N) is 3. The van der Waals surface area contributed by atoms with E-state index in [2.05, 4.69) is 263 Å². The Kier molecular flexibility index (Phi) is 8.07. The molecule has 0 fully saturated rings. The number of rotatable bonds is 6. The zero-order chi connectivity index (χ0) is 45.2. The van der Waals surface area contributed by atoms with Gasteiger partial charge >= 0.3 is 0 Å². The average Bonchev–Trinajstić information content (AvgIpc) is 3.91. The van der Waals surface area contributed by atoms with Gasteiger partial charge in [-0.3, -0.25) is 0 Å². The van der Waals surface area contributed by atoms with Gasteiger partial charge in [-0.25, -0.2) is 0 Å². The first-order valence-corrected chi connectivity index (χ1v) is 23.8. The number of aromatic nitrogens is 1. The van der Waals surface area contributed by atoms with Crippen molar-refractivity contribution in [2.75, 3.05) is 9.80 Å². The first-order valence-electron chi connectivity index (χ1n) is 23.8. The summed E-state index contributed by atoms with van der Waals surface area (Å²) in [6.45, 7) is 0. The van der Waals surface area contributed by atoms with E-state index in [1.54, 1.807) is 0 Å². The molecule has 0 atom stereocenters. The molecule has 15 rings (SSSR count). The molecule has 0 radical (unpaired) electrons. The summed E-state index contributed by atoms with van der Waals surface area (Å²) in [5.41, 5.74) is 10.5. The van der Waals surface area contributed by atoms with Gasteiger partial charge in [-0.05, 0) is 110 Å². The van der Waals surface area contributed by atoms with Crippen LogP contribution in [0, 0.1) is 0 Å². The second kappa shape index (κ2) is 14.7. The smallest absolute Gasteiger partial charge is 0.0627 e. The van der Waals surface area contributed by atoms with Crippen molar-refractivity contribution >= 4 is 137 Å². The van der Waals surface area contributed by atoms with Crippen molar-refractivity contribution < 1.29 is 0 Å². The number of hydrogen-bond donors (Lipinski definition) is 0. The highest BCUT2D eigenvalue weighted by molar-refractivity contribution is 6.33. The van der Waals surface area contributed by atoms with E-state index in [-0.39, 0.29) is 0 Å². The van der Waals surface area contributed by atoms with E-state index < -0.39 is 0 Å². The van der Waals surface area contributed by atoms with Gasteiger partial charge in [0.15, 0.2) is 0 Å². The van der Waals surface area contributed by atoms with E-state index in [1.165, 1.54) is 103 Å². The predicted octanol–water partition coefficient (Wildman–Crippen LogP) is 18.7. The third kappa shape index (κ3) is 5.62.